The molecule has 0 unspecified atom stereocenters. The van der Waals surface area contributed by atoms with Crippen molar-refractivity contribution in [2.75, 3.05) is 25.1 Å². The van der Waals surface area contributed by atoms with Crippen LogP contribution in [0.4, 0.5) is 10.2 Å². The number of carboxylic acid groups (broad SMARTS) is 1. The summed E-state index contributed by atoms with van der Waals surface area (Å²) in [6, 6.07) is 1.12. The molecule has 5 nitrogen and oxygen atoms in total. The number of carbonyl (C=O) groups is 1. The predicted octanol–water partition coefficient (Wildman–Crippen LogP) is 2.00. The lowest BCUT2D eigenvalue weighted by Gasteiger charge is -2.09. The van der Waals surface area contributed by atoms with E-state index in [4.69, 9.17) is 9.84 Å². The van der Waals surface area contributed by atoms with Crippen molar-refractivity contribution in [2.24, 2.45) is 5.92 Å². The Bertz CT molecular complexity index is 410. The van der Waals surface area contributed by atoms with Gasteiger partial charge in [-0.15, -0.1) is 0 Å². The number of aromatic carboxylic acids is 1. The van der Waals surface area contributed by atoms with Gasteiger partial charge < -0.3 is 15.2 Å². The van der Waals surface area contributed by atoms with E-state index in [0.717, 1.165) is 6.07 Å². The Kier molecular flexibility index (Phi) is 5.51. The van der Waals surface area contributed by atoms with Gasteiger partial charge in [0.05, 0.1) is 6.61 Å². The standard InChI is InChI=1S/C12H17FN2O3/c1-8(2)7-18-6-5-15-11-10(13)9(12(16)17)3-4-14-11/h3-4,8H,5-7H2,1-2H3,(H,14,15)(H,16,17). The zero-order chi connectivity index (χ0) is 13.5. The SMILES string of the molecule is CC(C)COCCNc1nccc(C(=O)O)c1F. The molecule has 1 aromatic rings. The van der Waals surface area contributed by atoms with Gasteiger partial charge in [0.15, 0.2) is 11.6 Å². The number of aromatic nitrogens is 1. The normalized spacial score (nSPS) is 10.7. The van der Waals surface area contributed by atoms with Gasteiger partial charge in [0.25, 0.3) is 0 Å². The molecule has 0 aliphatic carbocycles. The number of nitrogens with one attached hydrogen (secondary N) is 1. The third-order valence-corrected chi connectivity index (χ3v) is 2.11. The van der Waals surface area contributed by atoms with Gasteiger partial charge in [-0.2, -0.15) is 0 Å². The maximum absolute atomic E-state index is 13.6. The second-order valence-electron chi connectivity index (χ2n) is 4.22. The number of pyridine rings is 1. The summed E-state index contributed by atoms with van der Waals surface area (Å²) < 4.78 is 18.9. The van der Waals surface area contributed by atoms with Gasteiger partial charge in [-0.1, -0.05) is 13.8 Å². The van der Waals surface area contributed by atoms with Gasteiger partial charge in [0.1, 0.15) is 5.56 Å². The molecule has 0 bridgehead atoms. The van der Waals surface area contributed by atoms with E-state index in [-0.39, 0.29) is 5.82 Å². The van der Waals surface area contributed by atoms with Crippen molar-refractivity contribution in [3.63, 3.8) is 0 Å². The summed E-state index contributed by atoms with van der Waals surface area (Å²) in [6.45, 7) is 5.49. The van der Waals surface area contributed by atoms with Crippen LogP contribution < -0.4 is 5.32 Å². The highest BCUT2D eigenvalue weighted by molar-refractivity contribution is 5.88. The van der Waals surface area contributed by atoms with Crippen LogP contribution in [0.15, 0.2) is 12.3 Å². The van der Waals surface area contributed by atoms with Crippen LogP contribution in [-0.4, -0.2) is 35.8 Å². The Morgan fingerprint density at radius 1 is 1.61 bits per heavy atom. The first-order valence-electron chi connectivity index (χ1n) is 5.71. The van der Waals surface area contributed by atoms with E-state index in [1.54, 1.807) is 0 Å². The average Bonchev–Trinajstić information content (AvgIpc) is 2.30. The smallest absolute Gasteiger partial charge is 0.338 e. The number of carboxylic acids is 1. The first-order valence-corrected chi connectivity index (χ1v) is 5.71. The lowest BCUT2D eigenvalue weighted by atomic mass is 10.2. The van der Waals surface area contributed by atoms with Crippen LogP contribution in [0.1, 0.15) is 24.2 Å². The second kappa shape index (κ2) is 6.90. The molecule has 1 rings (SSSR count). The second-order valence-corrected chi connectivity index (χ2v) is 4.22. The Hall–Kier alpha value is -1.69. The molecule has 100 valence electrons. The van der Waals surface area contributed by atoms with Crippen molar-refractivity contribution >= 4 is 11.8 Å². The Morgan fingerprint density at radius 2 is 2.33 bits per heavy atom. The molecule has 1 heterocycles. The van der Waals surface area contributed by atoms with E-state index in [0.29, 0.717) is 25.7 Å². The van der Waals surface area contributed by atoms with Crippen LogP contribution >= 0.6 is 0 Å². The highest BCUT2D eigenvalue weighted by Gasteiger charge is 2.14. The van der Waals surface area contributed by atoms with Crippen molar-refractivity contribution in [1.82, 2.24) is 4.98 Å². The Morgan fingerprint density at radius 3 is 2.94 bits per heavy atom. The summed E-state index contributed by atoms with van der Waals surface area (Å²) >= 11 is 0. The number of nitrogens with zero attached hydrogens (tertiary/aromatic N) is 1. The maximum atomic E-state index is 13.6. The Labute approximate surface area is 105 Å². The highest BCUT2D eigenvalue weighted by Crippen LogP contribution is 2.14. The number of anilines is 1. The van der Waals surface area contributed by atoms with Crippen LogP contribution in [-0.2, 0) is 4.74 Å². The van der Waals surface area contributed by atoms with E-state index in [1.165, 1.54) is 6.20 Å². The van der Waals surface area contributed by atoms with Crippen molar-refractivity contribution in [1.29, 1.82) is 0 Å². The molecule has 0 aliphatic heterocycles. The molecule has 18 heavy (non-hydrogen) atoms. The topological polar surface area (TPSA) is 71.5 Å². The fourth-order valence-electron chi connectivity index (χ4n) is 1.29. The van der Waals surface area contributed by atoms with E-state index >= 15 is 0 Å². The lowest BCUT2D eigenvalue weighted by molar-refractivity contribution is 0.0692. The number of hydrogen-bond acceptors (Lipinski definition) is 4. The summed E-state index contributed by atoms with van der Waals surface area (Å²) in [5.41, 5.74) is -0.393. The molecular formula is C12H17FN2O3. The van der Waals surface area contributed by atoms with Gasteiger partial charge in [-0.05, 0) is 12.0 Å². The van der Waals surface area contributed by atoms with Crippen LogP contribution in [0.25, 0.3) is 0 Å². The molecule has 0 fully saturated rings. The molecule has 0 spiro atoms. The van der Waals surface area contributed by atoms with Gasteiger partial charge >= 0.3 is 5.97 Å². The average molecular weight is 256 g/mol. The maximum Gasteiger partial charge on any atom is 0.338 e. The molecule has 0 saturated heterocycles. The molecule has 0 atom stereocenters. The zero-order valence-corrected chi connectivity index (χ0v) is 10.4. The minimum absolute atomic E-state index is 0.0666. The van der Waals surface area contributed by atoms with Crippen LogP contribution in [0.5, 0.6) is 0 Å². The largest absolute Gasteiger partial charge is 0.478 e. The van der Waals surface area contributed by atoms with Gasteiger partial charge in [-0.25, -0.2) is 14.2 Å². The fourth-order valence-corrected chi connectivity index (χ4v) is 1.29. The molecule has 0 radical (unpaired) electrons. The molecule has 0 amide bonds. The molecular weight excluding hydrogens is 239 g/mol. The summed E-state index contributed by atoms with van der Waals surface area (Å²) in [5.74, 6) is -1.79. The number of ether oxygens (including phenoxy) is 1. The summed E-state index contributed by atoms with van der Waals surface area (Å²) in [5, 5.41) is 11.4. The lowest BCUT2D eigenvalue weighted by Crippen LogP contribution is -2.15. The van der Waals surface area contributed by atoms with Crippen LogP contribution in [0, 0.1) is 11.7 Å². The quantitative estimate of drug-likeness (QED) is 0.730. The fraction of sp³-hybridized carbons (Fsp3) is 0.500. The van der Waals surface area contributed by atoms with Crippen molar-refractivity contribution < 1.29 is 19.0 Å². The minimum Gasteiger partial charge on any atom is -0.478 e. The first-order chi connectivity index (χ1) is 8.52. The molecule has 1 aromatic heterocycles. The van der Waals surface area contributed by atoms with Crippen molar-refractivity contribution in [3.05, 3.63) is 23.6 Å². The molecule has 6 heteroatoms. The molecule has 0 aliphatic rings. The summed E-state index contributed by atoms with van der Waals surface area (Å²) in [7, 11) is 0. The number of rotatable bonds is 7. The summed E-state index contributed by atoms with van der Waals surface area (Å²) in [6.07, 6.45) is 1.25. The molecule has 2 N–H and O–H groups in total. The predicted molar refractivity (Wildman–Crippen MR) is 65.3 cm³/mol. The summed E-state index contributed by atoms with van der Waals surface area (Å²) in [4.78, 5) is 14.5. The van der Waals surface area contributed by atoms with Crippen molar-refractivity contribution in [3.8, 4) is 0 Å². The molecule has 0 saturated carbocycles. The van der Waals surface area contributed by atoms with E-state index in [1.807, 2.05) is 13.8 Å². The van der Waals surface area contributed by atoms with Crippen LogP contribution in [0.3, 0.4) is 0 Å². The highest BCUT2D eigenvalue weighted by atomic mass is 19.1. The van der Waals surface area contributed by atoms with E-state index in [9.17, 15) is 9.18 Å². The van der Waals surface area contributed by atoms with Crippen LogP contribution in [0.2, 0.25) is 0 Å². The van der Waals surface area contributed by atoms with E-state index in [2.05, 4.69) is 10.3 Å². The van der Waals surface area contributed by atoms with Crippen molar-refractivity contribution in [2.45, 2.75) is 13.8 Å². The zero-order valence-electron chi connectivity index (χ0n) is 10.4. The van der Waals surface area contributed by atoms with Gasteiger partial charge in [0.2, 0.25) is 0 Å². The third-order valence-electron chi connectivity index (χ3n) is 2.11. The molecule has 0 aromatic carbocycles. The van der Waals surface area contributed by atoms with Gasteiger partial charge in [-0.3, -0.25) is 0 Å². The van der Waals surface area contributed by atoms with Gasteiger partial charge in [0, 0.05) is 19.3 Å². The first kappa shape index (κ1) is 14.4. The Balaban J connectivity index is 2.48. The number of halogens is 1. The monoisotopic (exact) mass is 256 g/mol. The van der Waals surface area contributed by atoms with E-state index < -0.39 is 17.3 Å². The minimum atomic E-state index is -1.31. The number of hydrogen-bond donors (Lipinski definition) is 2. The third kappa shape index (κ3) is 4.29.